The SMILES string of the molecule is CSc1nc(NC(=O)O)c(C(=O)c2ccc3c(c2)OCCO3)s1. The number of nitrogens with zero attached hydrogens (tertiary/aromatic N) is 1. The summed E-state index contributed by atoms with van der Waals surface area (Å²) in [6.45, 7) is 0.895. The Labute approximate surface area is 139 Å². The van der Waals surface area contributed by atoms with Crippen molar-refractivity contribution in [1.29, 1.82) is 0 Å². The molecule has 0 radical (unpaired) electrons. The molecule has 120 valence electrons. The topological polar surface area (TPSA) is 97.8 Å². The summed E-state index contributed by atoms with van der Waals surface area (Å²) in [6.07, 6.45) is 0.543. The van der Waals surface area contributed by atoms with E-state index in [0.29, 0.717) is 34.6 Å². The molecule has 1 aliphatic heterocycles. The van der Waals surface area contributed by atoms with Gasteiger partial charge in [0.15, 0.2) is 21.7 Å². The van der Waals surface area contributed by atoms with Gasteiger partial charge in [-0.15, -0.1) is 11.3 Å². The quantitative estimate of drug-likeness (QED) is 0.645. The third kappa shape index (κ3) is 3.25. The number of aromatic nitrogens is 1. The van der Waals surface area contributed by atoms with Gasteiger partial charge in [-0.25, -0.2) is 9.78 Å². The molecule has 1 aromatic heterocycles. The molecule has 2 aromatic rings. The zero-order valence-corrected chi connectivity index (χ0v) is 13.6. The predicted octanol–water partition coefficient (Wildman–Crippen LogP) is 2.96. The van der Waals surface area contributed by atoms with Crippen LogP contribution in [0.3, 0.4) is 0 Å². The Balaban J connectivity index is 1.96. The van der Waals surface area contributed by atoms with Crippen molar-refractivity contribution in [2.75, 3.05) is 24.8 Å². The highest BCUT2D eigenvalue weighted by Gasteiger charge is 2.23. The Bertz CT molecular complexity index is 775. The molecule has 0 aliphatic carbocycles. The van der Waals surface area contributed by atoms with Gasteiger partial charge in [0, 0.05) is 5.56 Å². The van der Waals surface area contributed by atoms with Crippen LogP contribution in [0.1, 0.15) is 15.2 Å². The van der Waals surface area contributed by atoms with E-state index in [9.17, 15) is 9.59 Å². The zero-order valence-electron chi connectivity index (χ0n) is 12.0. The molecule has 0 saturated carbocycles. The molecule has 9 heteroatoms. The monoisotopic (exact) mass is 352 g/mol. The lowest BCUT2D eigenvalue weighted by atomic mass is 10.1. The minimum Gasteiger partial charge on any atom is -0.486 e. The number of hydrogen-bond acceptors (Lipinski definition) is 7. The average Bonchev–Trinajstić information content (AvgIpc) is 2.96. The maximum absolute atomic E-state index is 12.7. The smallest absolute Gasteiger partial charge is 0.410 e. The fraction of sp³-hybridized carbons (Fsp3) is 0.214. The number of rotatable bonds is 4. The maximum atomic E-state index is 12.7. The van der Waals surface area contributed by atoms with Crippen LogP contribution in [0, 0.1) is 0 Å². The van der Waals surface area contributed by atoms with Crippen LogP contribution in [0.25, 0.3) is 0 Å². The molecule has 3 rings (SSSR count). The first kappa shape index (κ1) is 15.6. The van der Waals surface area contributed by atoms with Crippen molar-refractivity contribution in [2.45, 2.75) is 4.34 Å². The molecule has 0 bridgehead atoms. The van der Waals surface area contributed by atoms with Gasteiger partial charge in [0.2, 0.25) is 5.78 Å². The first-order chi connectivity index (χ1) is 11.1. The molecule has 1 amide bonds. The van der Waals surface area contributed by atoms with E-state index < -0.39 is 6.09 Å². The highest BCUT2D eigenvalue weighted by molar-refractivity contribution is 8.00. The molecular weight excluding hydrogens is 340 g/mol. The Morgan fingerprint density at radius 3 is 2.74 bits per heavy atom. The van der Waals surface area contributed by atoms with Crippen LogP contribution in [0.4, 0.5) is 10.6 Å². The van der Waals surface area contributed by atoms with Gasteiger partial charge in [-0.2, -0.15) is 0 Å². The van der Waals surface area contributed by atoms with Crippen molar-refractivity contribution >= 4 is 40.8 Å². The number of amides is 1. The van der Waals surface area contributed by atoms with E-state index in [1.165, 1.54) is 11.8 Å². The fourth-order valence-electron chi connectivity index (χ4n) is 2.04. The fourth-order valence-corrected chi connectivity index (χ4v) is 3.52. The lowest BCUT2D eigenvalue weighted by molar-refractivity contribution is 0.104. The molecule has 0 fully saturated rings. The summed E-state index contributed by atoms with van der Waals surface area (Å²) in [5, 5.41) is 11.0. The summed E-state index contributed by atoms with van der Waals surface area (Å²) in [5.74, 6) is 0.825. The number of ketones is 1. The highest BCUT2D eigenvalue weighted by Crippen LogP contribution is 2.34. The number of benzene rings is 1. The minimum atomic E-state index is -1.26. The van der Waals surface area contributed by atoms with Crippen LogP contribution >= 0.6 is 23.1 Å². The van der Waals surface area contributed by atoms with Crippen molar-refractivity contribution in [2.24, 2.45) is 0 Å². The van der Waals surface area contributed by atoms with Gasteiger partial charge in [-0.05, 0) is 24.5 Å². The lowest BCUT2D eigenvalue weighted by Crippen LogP contribution is -2.16. The van der Waals surface area contributed by atoms with Crippen LogP contribution in [0.5, 0.6) is 11.5 Å². The minimum absolute atomic E-state index is 0.0479. The number of carbonyl (C=O) groups excluding carboxylic acids is 1. The van der Waals surface area contributed by atoms with Crippen LogP contribution in [-0.4, -0.2) is 41.4 Å². The van der Waals surface area contributed by atoms with Gasteiger partial charge in [0.25, 0.3) is 0 Å². The molecule has 0 saturated heterocycles. The third-order valence-corrected chi connectivity index (χ3v) is 5.06. The summed E-state index contributed by atoms with van der Waals surface area (Å²) in [4.78, 5) is 27.9. The second-order valence-corrected chi connectivity index (χ2v) is 6.53. The molecule has 1 aliphatic rings. The largest absolute Gasteiger partial charge is 0.486 e. The van der Waals surface area contributed by atoms with Crippen molar-refractivity contribution < 1.29 is 24.2 Å². The number of thiazole rings is 1. The van der Waals surface area contributed by atoms with Gasteiger partial charge in [-0.3, -0.25) is 10.1 Å². The number of nitrogens with one attached hydrogen (secondary N) is 1. The molecule has 23 heavy (non-hydrogen) atoms. The maximum Gasteiger partial charge on any atom is 0.410 e. The number of fused-ring (bicyclic) bond motifs is 1. The molecule has 0 atom stereocenters. The number of thioether (sulfide) groups is 1. The van der Waals surface area contributed by atoms with E-state index >= 15 is 0 Å². The third-order valence-electron chi connectivity index (χ3n) is 3.02. The Morgan fingerprint density at radius 2 is 2.04 bits per heavy atom. The molecule has 0 spiro atoms. The van der Waals surface area contributed by atoms with Gasteiger partial charge in [0.05, 0.1) is 0 Å². The summed E-state index contributed by atoms with van der Waals surface area (Å²) in [5.41, 5.74) is 0.388. The van der Waals surface area contributed by atoms with E-state index in [2.05, 4.69) is 10.3 Å². The van der Waals surface area contributed by atoms with Gasteiger partial charge in [0.1, 0.15) is 18.1 Å². The number of hydrogen-bond donors (Lipinski definition) is 2. The highest BCUT2D eigenvalue weighted by atomic mass is 32.2. The standard InChI is InChI=1S/C14H12N2O5S2/c1-22-14-16-12(15-13(18)19)11(23-14)10(17)7-2-3-8-9(6-7)21-5-4-20-8/h2-3,6,15H,4-5H2,1H3,(H,18,19). The number of anilines is 1. The molecule has 2 heterocycles. The molecule has 7 nitrogen and oxygen atoms in total. The molecule has 2 N–H and O–H groups in total. The van der Waals surface area contributed by atoms with Crippen LogP contribution in [0.15, 0.2) is 22.5 Å². The summed E-state index contributed by atoms with van der Waals surface area (Å²) >= 11 is 2.49. The molecule has 0 unspecified atom stereocenters. The van der Waals surface area contributed by atoms with E-state index in [1.54, 1.807) is 18.2 Å². The molecule has 1 aromatic carbocycles. The van der Waals surface area contributed by atoms with Crippen LogP contribution in [0.2, 0.25) is 0 Å². The summed E-state index contributed by atoms with van der Waals surface area (Å²) in [7, 11) is 0. The Kier molecular flexibility index (Phi) is 4.39. The average molecular weight is 352 g/mol. The van der Waals surface area contributed by atoms with E-state index in [0.717, 1.165) is 11.3 Å². The second kappa shape index (κ2) is 6.47. The van der Waals surface area contributed by atoms with Crippen molar-refractivity contribution in [3.8, 4) is 11.5 Å². The van der Waals surface area contributed by atoms with E-state index in [1.807, 2.05) is 6.26 Å². The normalized spacial score (nSPS) is 12.7. The second-order valence-electron chi connectivity index (χ2n) is 4.48. The summed E-state index contributed by atoms with van der Waals surface area (Å²) < 4.78 is 11.5. The van der Waals surface area contributed by atoms with Crippen molar-refractivity contribution in [3.63, 3.8) is 0 Å². The van der Waals surface area contributed by atoms with Crippen molar-refractivity contribution in [3.05, 3.63) is 28.6 Å². The summed E-state index contributed by atoms with van der Waals surface area (Å²) in [6, 6.07) is 4.89. The van der Waals surface area contributed by atoms with E-state index in [4.69, 9.17) is 14.6 Å². The van der Waals surface area contributed by atoms with Gasteiger partial charge >= 0.3 is 6.09 Å². The van der Waals surface area contributed by atoms with Gasteiger partial charge in [-0.1, -0.05) is 11.8 Å². The molecular formula is C14H12N2O5S2. The Morgan fingerprint density at radius 1 is 1.30 bits per heavy atom. The van der Waals surface area contributed by atoms with Crippen LogP contribution in [-0.2, 0) is 0 Å². The van der Waals surface area contributed by atoms with Gasteiger partial charge < -0.3 is 14.6 Å². The van der Waals surface area contributed by atoms with Crippen molar-refractivity contribution in [1.82, 2.24) is 4.98 Å². The zero-order chi connectivity index (χ0) is 16.4. The number of ether oxygens (including phenoxy) is 2. The predicted molar refractivity (Wildman–Crippen MR) is 86.4 cm³/mol. The number of carbonyl (C=O) groups is 2. The van der Waals surface area contributed by atoms with Crippen LogP contribution < -0.4 is 14.8 Å². The first-order valence-electron chi connectivity index (χ1n) is 6.57. The van der Waals surface area contributed by atoms with E-state index in [-0.39, 0.29) is 16.5 Å². The first-order valence-corrected chi connectivity index (χ1v) is 8.61. The lowest BCUT2D eigenvalue weighted by Gasteiger charge is -2.18. The number of carboxylic acid groups (broad SMARTS) is 1. The Hall–Kier alpha value is -2.26.